The normalized spacial score (nSPS) is 17.0. The van der Waals surface area contributed by atoms with Crippen LogP contribution in [0.15, 0.2) is 46.9 Å². The van der Waals surface area contributed by atoms with Gasteiger partial charge < -0.3 is 4.42 Å². The van der Waals surface area contributed by atoms with E-state index in [2.05, 4.69) is 55.8 Å². The van der Waals surface area contributed by atoms with Crippen molar-refractivity contribution in [2.24, 2.45) is 0 Å². The van der Waals surface area contributed by atoms with Crippen molar-refractivity contribution in [3.8, 4) is 0 Å². The fourth-order valence-electron chi connectivity index (χ4n) is 3.01. The van der Waals surface area contributed by atoms with Crippen LogP contribution in [0.5, 0.6) is 0 Å². The predicted molar refractivity (Wildman–Crippen MR) is 82.8 cm³/mol. The van der Waals surface area contributed by atoms with Crippen molar-refractivity contribution in [3.63, 3.8) is 0 Å². The Kier molecular flexibility index (Phi) is 2.89. The minimum Gasteiger partial charge on any atom is -0.462 e. The first-order valence-corrected chi connectivity index (χ1v) is 6.95. The van der Waals surface area contributed by atoms with Gasteiger partial charge in [0, 0.05) is 17.7 Å². The van der Waals surface area contributed by atoms with Crippen LogP contribution in [-0.4, -0.2) is 17.3 Å². The Morgan fingerprint density at radius 2 is 1.80 bits per heavy atom. The maximum Gasteiger partial charge on any atom is 0.209 e. The number of fused-ring (bicyclic) bond motifs is 1. The summed E-state index contributed by atoms with van der Waals surface area (Å²) in [7, 11) is 2.13. The molecule has 1 aromatic carbocycles. The first-order chi connectivity index (χ1) is 9.50. The van der Waals surface area contributed by atoms with Crippen LogP contribution < -0.4 is 0 Å². The Morgan fingerprint density at radius 1 is 1.05 bits per heavy atom. The van der Waals surface area contributed by atoms with Crippen molar-refractivity contribution in [2.75, 3.05) is 7.05 Å². The van der Waals surface area contributed by atoms with E-state index < -0.39 is 0 Å². The standard InChI is InChI=1S/C18H20NO/c1-13-9-10-14(20-13)11-12-17-18(2,3)15-7-5-6-8-16(15)19(17)4/h5-12H,1-4H3/q+1/b12-11+. The van der Waals surface area contributed by atoms with Gasteiger partial charge in [-0.15, -0.1) is 0 Å². The Bertz CT molecular complexity index is 717. The molecule has 2 aromatic rings. The van der Waals surface area contributed by atoms with E-state index in [0.29, 0.717) is 0 Å². The summed E-state index contributed by atoms with van der Waals surface area (Å²) in [4.78, 5) is 0. The van der Waals surface area contributed by atoms with Crippen molar-refractivity contribution < 1.29 is 8.99 Å². The monoisotopic (exact) mass is 266 g/mol. The summed E-state index contributed by atoms with van der Waals surface area (Å²) in [6.45, 7) is 6.50. The molecule has 2 heterocycles. The summed E-state index contributed by atoms with van der Waals surface area (Å²) in [6.07, 6.45) is 4.21. The third-order valence-corrected chi connectivity index (χ3v) is 4.11. The zero-order valence-electron chi connectivity index (χ0n) is 12.5. The highest BCUT2D eigenvalue weighted by Gasteiger charge is 2.42. The summed E-state index contributed by atoms with van der Waals surface area (Å²) in [6, 6.07) is 12.6. The summed E-state index contributed by atoms with van der Waals surface area (Å²) in [5, 5.41) is 0. The number of furan rings is 1. The minimum absolute atomic E-state index is 0.0173. The average Bonchev–Trinajstić information content (AvgIpc) is 2.91. The maximum atomic E-state index is 5.61. The Morgan fingerprint density at radius 3 is 2.45 bits per heavy atom. The molecule has 0 saturated carbocycles. The highest BCUT2D eigenvalue weighted by molar-refractivity contribution is 6.05. The lowest BCUT2D eigenvalue weighted by molar-refractivity contribution is -0.401. The molecule has 0 saturated heterocycles. The van der Waals surface area contributed by atoms with Gasteiger partial charge in [-0.25, -0.2) is 0 Å². The number of para-hydroxylation sites is 1. The van der Waals surface area contributed by atoms with E-state index in [4.69, 9.17) is 4.42 Å². The second-order valence-electron chi connectivity index (χ2n) is 5.87. The minimum atomic E-state index is 0.0173. The van der Waals surface area contributed by atoms with E-state index in [0.717, 1.165) is 11.5 Å². The van der Waals surface area contributed by atoms with Crippen molar-refractivity contribution in [3.05, 3.63) is 59.6 Å². The zero-order chi connectivity index (χ0) is 14.3. The van der Waals surface area contributed by atoms with E-state index in [9.17, 15) is 0 Å². The third kappa shape index (κ3) is 1.92. The van der Waals surface area contributed by atoms with Gasteiger partial charge in [-0.3, -0.25) is 0 Å². The van der Waals surface area contributed by atoms with Crippen LogP contribution in [0.4, 0.5) is 5.69 Å². The summed E-state index contributed by atoms with van der Waals surface area (Å²) < 4.78 is 7.87. The van der Waals surface area contributed by atoms with Gasteiger partial charge in [-0.2, -0.15) is 4.58 Å². The van der Waals surface area contributed by atoms with Crippen LogP contribution in [0.2, 0.25) is 0 Å². The van der Waals surface area contributed by atoms with Crippen LogP contribution in [0, 0.1) is 6.92 Å². The Hall–Kier alpha value is -2.09. The molecule has 0 unspecified atom stereocenters. The van der Waals surface area contributed by atoms with Gasteiger partial charge in [-0.05, 0) is 39.0 Å². The van der Waals surface area contributed by atoms with Crippen molar-refractivity contribution in [1.29, 1.82) is 0 Å². The molecule has 102 valence electrons. The summed E-state index contributed by atoms with van der Waals surface area (Å²) >= 11 is 0. The van der Waals surface area contributed by atoms with E-state index >= 15 is 0 Å². The fourth-order valence-corrected chi connectivity index (χ4v) is 3.01. The third-order valence-electron chi connectivity index (χ3n) is 4.11. The lowest BCUT2D eigenvalue weighted by atomic mass is 9.81. The van der Waals surface area contributed by atoms with Crippen LogP contribution >= 0.6 is 0 Å². The second kappa shape index (κ2) is 4.48. The lowest BCUT2D eigenvalue weighted by Crippen LogP contribution is -2.26. The molecule has 0 aliphatic carbocycles. The zero-order valence-corrected chi connectivity index (χ0v) is 12.5. The molecule has 20 heavy (non-hydrogen) atoms. The molecule has 0 N–H and O–H groups in total. The summed E-state index contributed by atoms with van der Waals surface area (Å²) in [5.41, 5.74) is 3.96. The number of rotatable bonds is 2. The van der Waals surface area contributed by atoms with Crippen LogP contribution in [0.25, 0.3) is 6.08 Å². The van der Waals surface area contributed by atoms with E-state index in [1.54, 1.807) is 0 Å². The molecule has 0 atom stereocenters. The van der Waals surface area contributed by atoms with Crippen LogP contribution in [-0.2, 0) is 5.41 Å². The van der Waals surface area contributed by atoms with Crippen molar-refractivity contribution in [2.45, 2.75) is 26.2 Å². The van der Waals surface area contributed by atoms with E-state index in [1.165, 1.54) is 17.0 Å². The summed E-state index contributed by atoms with van der Waals surface area (Å²) in [5.74, 6) is 1.84. The fraction of sp³-hybridized carbons (Fsp3) is 0.278. The van der Waals surface area contributed by atoms with Crippen molar-refractivity contribution >= 4 is 17.5 Å². The highest BCUT2D eigenvalue weighted by Crippen LogP contribution is 2.39. The number of aryl methyl sites for hydroxylation is 1. The molecule has 2 nitrogen and oxygen atoms in total. The lowest BCUT2D eigenvalue weighted by Gasteiger charge is -2.14. The molecule has 2 heteroatoms. The first kappa shape index (κ1) is 12.9. The maximum absolute atomic E-state index is 5.61. The van der Waals surface area contributed by atoms with E-state index in [1.807, 2.05) is 25.1 Å². The molecule has 0 radical (unpaired) electrons. The Labute approximate surface area is 120 Å². The number of hydrogen-bond acceptors (Lipinski definition) is 1. The van der Waals surface area contributed by atoms with Gasteiger partial charge in [0.05, 0.1) is 5.41 Å². The molecule has 0 bridgehead atoms. The molecular formula is C18H20NO+. The van der Waals surface area contributed by atoms with Crippen LogP contribution in [0.1, 0.15) is 30.9 Å². The topological polar surface area (TPSA) is 16.1 Å². The highest BCUT2D eigenvalue weighted by atomic mass is 16.3. The smallest absolute Gasteiger partial charge is 0.209 e. The molecule has 0 amide bonds. The van der Waals surface area contributed by atoms with Gasteiger partial charge in [0.1, 0.15) is 18.6 Å². The molecule has 0 fully saturated rings. The number of benzene rings is 1. The molecule has 1 aliphatic heterocycles. The number of hydrogen-bond donors (Lipinski definition) is 0. The van der Waals surface area contributed by atoms with E-state index in [-0.39, 0.29) is 5.41 Å². The van der Waals surface area contributed by atoms with Gasteiger partial charge >= 0.3 is 0 Å². The quantitative estimate of drug-likeness (QED) is 0.740. The molecule has 3 rings (SSSR count). The molecule has 1 aliphatic rings. The van der Waals surface area contributed by atoms with Gasteiger partial charge in [-0.1, -0.05) is 18.2 Å². The van der Waals surface area contributed by atoms with Gasteiger partial charge in [0.15, 0.2) is 5.71 Å². The van der Waals surface area contributed by atoms with Crippen molar-refractivity contribution in [1.82, 2.24) is 0 Å². The average molecular weight is 266 g/mol. The number of nitrogens with zero attached hydrogens (tertiary/aromatic N) is 1. The van der Waals surface area contributed by atoms with Crippen LogP contribution in [0.3, 0.4) is 0 Å². The van der Waals surface area contributed by atoms with Gasteiger partial charge in [0.2, 0.25) is 5.69 Å². The first-order valence-electron chi connectivity index (χ1n) is 6.95. The SMILES string of the molecule is Cc1ccc(/C=C/C2=[N+](C)c3ccccc3C2(C)C)o1. The molecular weight excluding hydrogens is 246 g/mol. The second-order valence-corrected chi connectivity index (χ2v) is 5.87. The molecule has 1 aromatic heterocycles. The number of allylic oxidation sites excluding steroid dienone is 1. The largest absolute Gasteiger partial charge is 0.462 e. The predicted octanol–water partition coefficient (Wildman–Crippen LogP) is 4.31. The Balaban J connectivity index is 2.02. The molecule has 0 spiro atoms. The van der Waals surface area contributed by atoms with Gasteiger partial charge in [0.25, 0.3) is 0 Å².